The maximum Gasteiger partial charge on any atom is 0.208 e. The SMILES string of the molecule is O=Nc1cccc(C2CC2)cc1=O. The van der Waals surface area contributed by atoms with Crippen molar-refractivity contribution in [1.82, 2.24) is 0 Å². The van der Waals surface area contributed by atoms with Crippen molar-refractivity contribution < 1.29 is 0 Å². The first-order chi connectivity index (χ1) is 6.31. The van der Waals surface area contributed by atoms with Crippen LogP contribution in [0.4, 0.5) is 5.69 Å². The van der Waals surface area contributed by atoms with E-state index >= 15 is 0 Å². The fourth-order valence-electron chi connectivity index (χ4n) is 1.35. The summed E-state index contributed by atoms with van der Waals surface area (Å²) in [6.07, 6.45) is 2.29. The van der Waals surface area contributed by atoms with Crippen molar-refractivity contribution in [3.05, 3.63) is 45.0 Å². The molecule has 1 aromatic rings. The van der Waals surface area contributed by atoms with Crippen molar-refractivity contribution in [3.8, 4) is 0 Å². The Morgan fingerprint density at radius 1 is 1.31 bits per heavy atom. The van der Waals surface area contributed by atoms with Gasteiger partial charge in [-0.2, -0.15) is 0 Å². The van der Waals surface area contributed by atoms with E-state index in [1.54, 1.807) is 6.07 Å². The first-order valence-electron chi connectivity index (χ1n) is 4.29. The third-order valence-electron chi connectivity index (χ3n) is 2.24. The van der Waals surface area contributed by atoms with Crippen molar-refractivity contribution in [3.63, 3.8) is 0 Å². The normalized spacial score (nSPS) is 15.4. The second-order valence-electron chi connectivity index (χ2n) is 3.29. The minimum absolute atomic E-state index is 0.00750. The summed E-state index contributed by atoms with van der Waals surface area (Å²) >= 11 is 0. The van der Waals surface area contributed by atoms with Gasteiger partial charge in [-0.15, -0.1) is 4.91 Å². The molecule has 1 saturated carbocycles. The maximum atomic E-state index is 11.3. The van der Waals surface area contributed by atoms with Crippen LogP contribution in [0, 0.1) is 4.91 Å². The van der Waals surface area contributed by atoms with Gasteiger partial charge in [0, 0.05) is 0 Å². The van der Waals surface area contributed by atoms with Crippen LogP contribution in [0.5, 0.6) is 0 Å². The van der Waals surface area contributed by atoms with Crippen LogP contribution in [0.15, 0.2) is 34.2 Å². The Kier molecular flexibility index (Phi) is 1.93. The van der Waals surface area contributed by atoms with Crippen molar-refractivity contribution in [2.24, 2.45) is 5.18 Å². The van der Waals surface area contributed by atoms with Crippen LogP contribution in [-0.2, 0) is 0 Å². The van der Waals surface area contributed by atoms with Gasteiger partial charge in [0.25, 0.3) is 0 Å². The van der Waals surface area contributed by atoms with Crippen molar-refractivity contribution >= 4 is 5.69 Å². The fourth-order valence-corrected chi connectivity index (χ4v) is 1.35. The molecule has 3 heteroatoms. The maximum absolute atomic E-state index is 11.3. The van der Waals surface area contributed by atoms with Gasteiger partial charge in [0.2, 0.25) is 5.43 Å². The van der Waals surface area contributed by atoms with Crippen LogP contribution in [-0.4, -0.2) is 0 Å². The number of nitrogens with zero attached hydrogens (tertiary/aromatic N) is 1. The number of rotatable bonds is 2. The molecule has 0 N–H and O–H groups in total. The van der Waals surface area contributed by atoms with E-state index in [0.29, 0.717) is 5.92 Å². The van der Waals surface area contributed by atoms with E-state index in [9.17, 15) is 9.70 Å². The Hall–Kier alpha value is -1.51. The van der Waals surface area contributed by atoms with Gasteiger partial charge in [0.1, 0.15) is 0 Å². The molecule has 0 aliphatic heterocycles. The Labute approximate surface area is 75.4 Å². The smallest absolute Gasteiger partial charge is 0.208 e. The van der Waals surface area contributed by atoms with E-state index in [1.165, 1.54) is 12.1 Å². The first-order valence-corrected chi connectivity index (χ1v) is 4.29. The van der Waals surface area contributed by atoms with Crippen molar-refractivity contribution in [2.75, 3.05) is 0 Å². The standard InChI is InChI=1S/C10H9NO2/c12-10-6-8(7-4-5-7)2-1-3-9(10)11-13/h1-3,6-7H,4-5H2. The van der Waals surface area contributed by atoms with E-state index in [2.05, 4.69) is 5.18 Å². The summed E-state index contributed by atoms with van der Waals surface area (Å²) in [5.74, 6) is 0.527. The monoisotopic (exact) mass is 175 g/mol. The number of hydrogen-bond donors (Lipinski definition) is 0. The highest BCUT2D eigenvalue weighted by Crippen LogP contribution is 2.39. The highest BCUT2D eigenvalue weighted by atomic mass is 16.3. The van der Waals surface area contributed by atoms with Crippen LogP contribution in [0.25, 0.3) is 0 Å². The minimum Gasteiger partial charge on any atom is -0.287 e. The van der Waals surface area contributed by atoms with Gasteiger partial charge in [0.15, 0.2) is 5.69 Å². The zero-order valence-corrected chi connectivity index (χ0v) is 7.06. The van der Waals surface area contributed by atoms with E-state index in [0.717, 1.165) is 18.4 Å². The second-order valence-corrected chi connectivity index (χ2v) is 3.29. The van der Waals surface area contributed by atoms with Crippen molar-refractivity contribution in [1.29, 1.82) is 0 Å². The third-order valence-corrected chi connectivity index (χ3v) is 2.24. The summed E-state index contributed by atoms with van der Waals surface area (Å²) in [6, 6.07) is 6.58. The van der Waals surface area contributed by atoms with E-state index in [-0.39, 0.29) is 11.1 Å². The molecule has 1 aromatic carbocycles. The Balaban J connectivity index is 2.53. The molecule has 0 radical (unpaired) electrons. The van der Waals surface area contributed by atoms with Gasteiger partial charge in [-0.1, -0.05) is 12.1 Å². The molecular formula is C10H9NO2. The molecule has 2 rings (SSSR count). The Morgan fingerprint density at radius 2 is 2.08 bits per heavy atom. The Bertz CT molecular complexity index is 396. The van der Waals surface area contributed by atoms with Gasteiger partial charge in [-0.25, -0.2) is 0 Å². The lowest BCUT2D eigenvalue weighted by Gasteiger charge is -1.87. The summed E-state index contributed by atoms with van der Waals surface area (Å²) in [5, 5.41) is 2.67. The number of nitroso groups, excluding NO2 is 1. The largest absolute Gasteiger partial charge is 0.287 e. The molecule has 1 aliphatic carbocycles. The number of hydrogen-bond acceptors (Lipinski definition) is 3. The molecule has 13 heavy (non-hydrogen) atoms. The summed E-state index contributed by atoms with van der Waals surface area (Å²) in [7, 11) is 0. The molecule has 0 amide bonds. The van der Waals surface area contributed by atoms with Crippen LogP contribution >= 0.6 is 0 Å². The molecule has 0 spiro atoms. The fraction of sp³-hybridized carbons (Fsp3) is 0.300. The average Bonchev–Trinajstić information content (AvgIpc) is 2.89. The van der Waals surface area contributed by atoms with E-state index < -0.39 is 0 Å². The lowest BCUT2D eigenvalue weighted by Crippen LogP contribution is -1.94. The van der Waals surface area contributed by atoms with Gasteiger partial charge < -0.3 is 0 Å². The van der Waals surface area contributed by atoms with Crippen LogP contribution in [0.2, 0.25) is 0 Å². The molecule has 0 saturated heterocycles. The van der Waals surface area contributed by atoms with E-state index in [4.69, 9.17) is 0 Å². The molecular weight excluding hydrogens is 166 g/mol. The van der Waals surface area contributed by atoms with E-state index in [1.807, 2.05) is 6.07 Å². The molecule has 0 bridgehead atoms. The van der Waals surface area contributed by atoms with Crippen LogP contribution in [0.3, 0.4) is 0 Å². The molecule has 1 fully saturated rings. The lowest BCUT2D eigenvalue weighted by atomic mass is 10.2. The zero-order valence-electron chi connectivity index (χ0n) is 7.06. The molecule has 1 aliphatic rings. The molecule has 0 heterocycles. The topological polar surface area (TPSA) is 46.5 Å². The summed E-state index contributed by atoms with van der Waals surface area (Å²) in [6.45, 7) is 0. The van der Waals surface area contributed by atoms with Crippen molar-refractivity contribution in [2.45, 2.75) is 18.8 Å². The third kappa shape index (κ3) is 1.64. The minimum atomic E-state index is -0.276. The molecule has 3 nitrogen and oxygen atoms in total. The van der Waals surface area contributed by atoms with Crippen LogP contribution in [0.1, 0.15) is 24.3 Å². The molecule has 0 aromatic heterocycles. The quantitative estimate of drug-likeness (QED) is 0.647. The highest BCUT2D eigenvalue weighted by Gasteiger charge is 2.23. The highest BCUT2D eigenvalue weighted by molar-refractivity contribution is 5.38. The zero-order chi connectivity index (χ0) is 9.26. The second kappa shape index (κ2) is 3.09. The first kappa shape index (κ1) is 8.10. The molecule has 66 valence electrons. The predicted molar refractivity (Wildman–Crippen MR) is 50.1 cm³/mol. The molecule has 0 unspecified atom stereocenters. The molecule has 0 atom stereocenters. The summed E-state index contributed by atoms with van der Waals surface area (Å²) in [5.41, 5.74) is 0.744. The van der Waals surface area contributed by atoms with Gasteiger partial charge >= 0.3 is 0 Å². The lowest BCUT2D eigenvalue weighted by molar-refractivity contribution is 1.13. The van der Waals surface area contributed by atoms with Gasteiger partial charge in [-0.3, -0.25) is 4.79 Å². The summed E-state index contributed by atoms with van der Waals surface area (Å²) in [4.78, 5) is 21.5. The summed E-state index contributed by atoms with van der Waals surface area (Å²) < 4.78 is 0. The van der Waals surface area contributed by atoms with Crippen LogP contribution < -0.4 is 5.43 Å². The predicted octanol–water partition coefficient (Wildman–Crippen LogP) is 2.32. The Morgan fingerprint density at radius 3 is 2.69 bits per heavy atom. The van der Waals surface area contributed by atoms with Gasteiger partial charge in [0.05, 0.1) is 0 Å². The van der Waals surface area contributed by atoms with Gasteiger partial charge in [-0.05, 0) is 41.6 Å². The average molecular weight is 175 g/mol.